The van der Waals surface area contributed by atoms with Gasteiger partial charge in [0.05, 0.1) is 0 Å². The Balaban J connectivity index is -0.000000167. The molecule has 2 nitrogen and oxygen atoms in total. The Hall–Kier alpha value is 1.02. The van der Waals surface area contributed by atoms with Gasteiger partial charge in [-0.25, -0.2) is 6.17 Å². The Kier molecular flexibility index (Phi) is 28.6. The van der Waals surface area contributed by atoms with Crippen LogP contribution in [-0.4, -0.2) is 18.8 Å². The zero-order valence-corrected chi connectivity index (χ0v) is 13.6. The van der Waals surface area contributed by atoms with Crippen molar-refractivity contribution in [2.24, 2.45) is 0 Å². The van der Waals surface area contributed by atoms with Crippen LogP contribution in [-0.2, 0) is 32.7 Å². The maximum atomic E-state index is 4.47. The second-order valence-electron chi connectivity index (χ2n) is 2.94. The third kappa shape index (κ3) is 15.5. The maximum absolute atomic E-state index is 4.47. The van der Waals surface area contributed by atoms with Crippen LogP contribution in [0.3, 0.4) is 0 Å². The first-order chi connectivity index (χ1) is 5.20. The van der Waals surface area contributed by atoms with Crippen molar-refractivity contribution in [1.29, 1.82) is 0 Å². The molecule has 0 aliphatic carbocycles. The van der Waals surface area contributed by atoms with Gasteiger partial charge < -0.3 is 25.5 Å². The Bertz CT molecular complexity index is 89.4. The van der Waals surface area contributed by atoms with Crippen LogP contribution in [0.5, 0.6) is 0 Å². The molecule has 0 heterocycles. The Labute approximate surface area is 117 Å². The van der Waals surface area contributed by atoms with Crippen molar-refractivity contribution < 1.29 is 32.7 Å². The Morgan fingerprint density at radius 1 is 1.07 bits per heavy atom. The summed E-state index contributed by atoms with van der Waals surface area (Å²) in [6.07, 6.45) is 2.44. The normalized spacial score (nSPS) is 12.9. The molecule has 3 heteroatoms. The first-order valence-electron chi connectivity index (χ1n) is 4.57. The van der Waals surface area contributed by atoms with Crippen molar-refractivity contribution in [3.05, 3.63) is 25.5 Å². The number of hydrogen-bond donors (Lipinski definition) is 0. The minimum atomic E-state index is 0. The Morgan fingerprint density at radius 2 is 1.57 bits per heavy atom. The van der Waals surface area contributed by atoms with Crippen LogP contribution < -0.4 is 0 Å². The first-order valence-corrected chi connectivity index (χ1v) is 4.57. The predicted molar refractivity (Wildman–Crippen MR) is 63.9 cm³/mol. The third-order valence-corrected chi connectivity index (χ3v) is 1.68. The number of nitrogens with zero attached hydrogens (tertiary/aromatic N) is 2. The zero-order chi connectivity index (χ0) is 8.69. The predicted octanol–water partition coefficient (Wildman–Crippen LogP) is 4.19. The fourth-order valence-electron chi connectivity index (χ4n) is 0.837. The average molecular weight is 275 g/mol. The second kappa shape index (κ2) is 16.5. The van der Waals surface area contributed by atoms with Gasteiger partial charge in [0.2, 0.25) is 0 Å². The molecule has 0 spiro atoms. The summed E-state index contributed by atoms with van der Waals surface area (Å²) in [5, 5.41) is 8.83. The van der Waals surface area contributed by atoms with Gasteiger partial charge in [-0.3, -0.25) is 0 Å². The molecule has 0 rings (SSSR count). The van der Waals surface area contributed by atoms with Crippen molar-refractivity contribution in [3.8, 4) is 0 Å². The molecule has 0 fully saturated rings. The van der Waals surface area contributed by atoms with Gasteiger partial charge in [-0.15, -0.1) is 13.0 Å². The van der Waals surface area contributed by atoms with Crippen molar-refractivity contribution >= 4 is 0 Å². The number of hydrogen-bond acceptors (Lipinski definition) is 0. The second-order valence-corrected chi connectivity index (χ2v) is 2.94. The first kappa shape index (κ1) is 24.3. The van der Waals surface area contributed by atoms with Gasteiger partial charge in [-0.1, -0.05) is 33.6 Å². The van der Waals surface area contributed by atoms with Crippen LogP contribution in [0.15, 0.2) is 0 Å². The van der Waals surface area contributed by atoms with E-state index in [1.807, 2.05) is 0 Å². The molecule has 0 aromatic heterocycles. The van der Waals surface area contributed by atoms with Crippen LogP contribution in [0, 0.1) is 14.9 Å². The van der Waals surface area contributed by atoms with E-state index in [0.717, 1.165) is 19.4 Å². The Morgan fingerprint density at radius 3 is 1.93 bits per heavy atom. The zero-order valence-electron chi connectivity index (χ0n) is 10.7. The summed E-state index contributed by atoms with van der Waals surface area (Å²) in [6, 6.07) is 0.464. The molecule has 0 aliphatic heterocycles. The molecular weight excluding hydrogens is 249 g/mol. The molecule has 0 saturated heterocycles. The topological polar surface area (TPSA) is 28.2 Å². The molecule has 0 amide bonds. The summed E-state index contributed by atoms with van der Waals surface area (Å²) in [7, 11) is 0. The van der Waals surface area contributed by atoms with Gasteiger partial charge in [-0.2, -0.15) is 6.54 Å². The minimum Gasteiger partial charge on any atom is -0.678 e. The molecule has 14 heavy (non-hydrogen) atoms. The summed E-state index contributed by atoms with van der Waals surface area (Å²) >= 11 is 0. The van der Waals surface area contributed by atoms with E-state index in [4.69, 9.17) is 0 Å². The molecule has 2 unspecified atom stereocenters. The molecular formula is C11H26N2Y-4. The number of rotatable bonds is 6. The van der Waals surface area contributed by atoms with Crippen LogP contribution >= 0.6 is 0 Å². The summed E-state index contributed by atoms with van der Waals surface area (Å²) < 4.78 is 0. The largest absolute Gasteiger partial charge is 0.678 e. The van der Waals surface area contributed by atoms with Crippen LogP contribution in [0.2, 0.25) is 0 Å². The van der Waals surface area contributed by atoms with Crippen molar-refractivity contribution in [3.63, 3.8) is 0 Å². The van der Waals surface area contributed by atoms with Crippen LogP contribution in [0.25, 0.3) is 10.6 Å². The van der Waals surface area contributed by atoms with E-state index < -0.39 is 0 Å². The maximum Gasteiger partial charge on any atom is 0 e. The van der Waals surface area contributed by atoms with Crippen molar-refractivity contribution in [2.45, 2.75) is 52.7 Å². The van der Waals surface area contributed by atoms with Gasteiger partial charge in [0.1, 0.15) is 0 Å². The molecule has 0 N–H and O–H groups in total. The molecule has 1 radical (unpaired) electrons. The van der Waals surface area contributed by atoms with E-state index in [-0.39, 0.29) is 53.7 Å². The SMILES string of the molecule is CCC[N-]C(C)[N-]C(C)CC.[CH3-].[CH3-].[Y]. The fraction of sp³-hybridized carbons (Fsp3) is 0.818. The van der Waals surface area contributed by atoms with Gasteiger partial charge in [0.25, 0.3) is 0 Å². The van der Waals surface area contributed by atoms with E-state index >= 15 is 0 Å². The van der Waals surface area contributed by atoms with Gasteiger partial charge in [0, 0.05) is 32.7 Å². The summed E-state index contributed by atoms with van der Waals surface area (Å²) in [5.74, 6) is 0. The molecule has 0 aromatic rings. The van der Waals surface area contributed by atoms with E-state index in [9.17, 15) is 0 Å². The average Bonchev–Trinajstić information content (AvgIpc) is 2.00. The molecule has 0 saturated carbocycles. The van der Waals surface area contributed by atoms with Gasteiger partial charge >= 0.3 is 0 Å². The van der Waals surface area contributed by atoms with E-state index in [1.54, 1.807) is 0 Å². The van der Waals surface area contributed by atoms with Gasteiger partial charge in [0.15, 0.2) is 0 Å². The van der Waals surface area contributed by atoms with Crippen molar-refractivity contribution in [2.75, 3.05) is 6.54 Å². The minimum absolute atomic E-state index is 0. The third-order valence-electron chi connectivity index (χ3n) is 1.68. The molecule has 87 valence electrons. The molecule has 2 atom stereocenters. The molecule has 0 bridgehead atoms. The monoisotopic (exact) mass is 275 g/mol. The summed E-state index contributed by atoms with van der Waals surface area (Å²) in [6.45, 7) is 9.43. The van der Waals surface area contributed by atoms with E-state index in [1.165, 1.54) is 0 Å². The quantitative estimate of drug-likeness (QED) is 0.650. The standard InChI is InChI=1S/C9H20N2.2CH3.Y/c1-5-7-10-9(4)11-8(3)6-2;;;/h8-9H,5-7H2,1-4H3;2*1H3;/q-2;2*-1;. The summed E-state index contributed by atoms with van der Waals surface area (Å²) in [4.78, 5) is 0. The van der Waals surface area contributed by atoms with Crippen LogP contribution in [0.4, 0.5) is 0 Å². The molecule has 0 aromatic carbocycles. The fourth-order valence-corrected chi connectivity index (χ4v) is 0.837. The van der Waals surface area contributed by atoms with Crippen LogP contribution in [0.1, 0.15) is 40.5 Å². The van der Waals surface area contributed by atoms with E-state index in [2.05, 4.69) is 38.3 Å². The smallest absolute Gasteiger partial charge is 0 e. The summed E-state index contributed by atoms with van der Waals surface area (Å²) in [5.41, 5.74) is 0. The van der Waals surface area contributed by atoms with Crippen molar-refractivity contribution in [1.82, 2.24) is 0 Å². The molecule has 0 aliphatic rings. The van der Waals surface area contributed by atoms with E-state index in [0.29, 0.717) is 6.04 Å². The van der Waals surface area contributed by atoms with Gasteiger partial charge in [-0.05, 0) is 0 Å².